The molecule has 0 bridgehead atoms. The summed E-state index contributed by atoms with van der Waals surface area (Å²) < 4.78 is 18.9. The topological polar surface area (TPSA) is 63.3 Å². The zero-order chi connectivity index (χ0) is 23.3. The molecule has 1 N–H and O–H groups in total. The first-order valence-electron chi connectivity index (χ1n) is 11.8. The first kappa shape index (κ1) is 21.8. The number of hydrogen-bond donors (Lipinski definition) is 1. The number of fused-ring (bicyclic) bond motifs is 2. The highest BCUT2D eigenvalue weighted by Gasteiger charge is 2.23. The van der Waals surface area contributed by atoms with Gasteiger partial charge in [-0.3, -0.25) is 0 Å². The maximum absolute atomic E-state index is 15.0. The lowest BCUT2D eigenvalue weighted by molar-refractivity contribution is 0.221. The van der Waals surface area contributed by atoms with Gasteiger partial charge in [0.05, 0.1) is 17.2 Å². The van der Waals surface area contributed by atoms with Gasteiger partial charge >= 0.3 is 0 Å². The number of nitrogens with zero attached hydrogens (tertiary/aromatic N) is 6. The second-order valence-electron chi connectivity index (χ2n) is 9.70. The van der Waals surface area contributed by atoms with Crippen LogP contribution in [-0.4, -0.2) is 55.2 Å². The number of anilines is 1. The number of nitrogens with one attached hydrogen (secondary N) is 1. The van der Waals surface area contributed by atoms with E-state index in [0.717, 1.165) is 40.8 Å². The van der Waals surface area contributed by atoms with Crippen molar-refractivity contribution in [1.29, 1.82) is 0 Å². The van der Waals surface area contributed by atoms with Crippen molar-refractivity contribution in [3.8, 4) is 11.1 Å². The number of hydrogen-bond acceptors (Lipinski definition) is 5. The Balaban J connectivity index is 1.44. The molecule has 0 atom stereocenters. The molecule has 1 fully saturated rings. The zero-order valence-corrected chi connectivity index (χ0v) is 20.0. The van der Waals surface area contributed by atoms with Crippen molar-refractivity contribution >= 4 is 22.5 Å². The molecule has 1 saturated carbocycles. The Bertz CT molecular complexity index is 1300. The van der Waals surface area contributed by atoms with E-state index in [1.807, 2.05) is 36.0 Å². The molecule has 5 rings (SSSR count). The summed E-state index contributed by atoms with van der Waals surface area (Å²) in [6, 6.07) is 6.80. The maximum Gasteiger partial charge on any atom is 0.241 e. The maximum atomic E-state index is 15.0. The van der Waals surface area contributed by atoms with Gasteiger partial charge in [0.2, 0.25) is 5.95 Å². The summed E-state index contributed by atoms with van der Waals surface area (Å²) in [5.41, 5.74) is 3.78. The van der Waals surface area contributed by atoms with Crippen LogP contribution in [0.15, 0.2) is 30.6 Å². The molecule has 0 radical (unpaired) electrons. The minimum absolute atomic E-state index is 0.195. The van der Waals surface area contributed by atoms with Gasteiger partial charge in [-0.1, -0.05) is 0 Å². The molecule has 8 heteroatoms. The van der Waals surface area contributed by atoms with Gasteiger partial charge < -0.3 is 14.8 Å². The second kappa shape index (κ2) is 8.41. The second-order valence-corrected chi connectivity index (χ2v) is 9.70. The molecule has 7 nitrogen and oxygen atoms in total. The van der Waals surface area contributed by atoms with Gasteiger partial charge in [-0.2, -0.15) is 0 Å². The highest BCUT2D eigenvalue weighted by atomic mass is 19.1. The standard InChI is InChI=1S/C25H32FN7/c1-15(2)33-16(3)28-24-21(26)12-17(13-22(24)33)20-10-11-32-23(20)14-27-25(30-32)29-18-6-8-19(9-7-18)31(4)5/h10-15,18-19H,6-9H2,1-5H3,(H,29,30). The molecule has 0 aliphatic heterocycles. The summed E-state index contributed by atoms with van der Waals surface area (Å²) in [5.74, 6) is 1.14. The predicted octanol–water partition coefficient (Wildman–Crippen LogP) is 5.06. The molecule has 174 valence electrons. The number of aryl methyl sites for hydroxylation is 1. The van der Waals surface area contributed by atoms with Crippen LogP contribution in [0.2, 0.25) is 0 Å². The van der Waals surface area contributed by atoms with Crippen LogP contribution in [0, 0.1) is 12.7 Å². The summed E-state index contributed by atoms with van der Waals surface area (Å²) in [5, 5.41) is 8.18. The van der Waals surface area contributed by atoms with Crippen LogP contribution >= 0.6 is 0 Å². The average molecular weight is 450 g/mol. The van der Waals surface area contributed by atoms with Crippen LogP contribution in [0.4, 0.5) is 10.3 Å². The fourth-order valence-corrected chi connectivity index (χ4v) is 5.21. The van der Waals surface area contributed by atoms with Gasteiger partial charge in [-0.15, -0.1) is 5.10 Å². The van der Waals surface area contributed by atoms with Gasteiger partial charge in [0.1, 0.15) is 11.3 Å². The van der Waals surface area contributed by atoms with Crippen LogP contribution in [0.1, 0.15) is 51.4 Å². The van der Waals surface area contributed by atoms with Crippen molar-refractivity contribution in [2.75, 3.05) is 19.4 Å². The Kier molecular flexibility index (Phi) is 5.56. The molecule has 0 unspecified atom stereocenters. The summed E-state index contributed by atoms with van der Waals surface area (Å²) >= 11 is 0. The Morgan fingerprint density at radius 3 is 2.58 bits per heavy atom. The highest BCUT2D eigenvalue weighted by molar-refractivity contribution is 5.88. The number of halogens is 1. The normalized spacial score (nSPS) is 19.3. The number of rotatable bonds is 5. The van der Waals surface area contributed by atoms with Crippen molar-refractivity contribution in [2.45, 2.75) is 64.6 Å². The van der Waals surface area contributed by atoms with Gasteiger partial charge in [0.15, 0.2) is 5.82 Å². The molecule has 33 heavy (non-hydrogen) atoms. The first-order valence-corrected chi connectivity index (χ1v) is 11.8. The van der Waals surface area contributed by atoms with Crippen molar-refractivity contribution in [3.63, 3.8) is 0 Å². The first-order chi connectivity index (χ1) is 15.8. The molecule has 3 heterocycles. The molecule has 0 spiro atoms. The molecule has 1 aliphatic carbocycles. The predicted molar refractivity (Wildman–Crippen MR) is 130 cm³/mol. The SMILES string of the molecule is Cc1nc2c(F)cc(-c3ccn4nc(NC5CCC(N(C)C)CC5)ncc34)cc2n1C(C)C. The van der Waals surface area contributed by atoms with Gasteiger partial charge in [-0.25, -0.2) is 18.9 Å². The van der Waals surface area contributed by atoms with E-state index in [-0.39, 0.29) is 11.9 Å². The molecular weight excluding hydrogens is 417 g/mol. The van der Waals surface area contributed by atoms with Crippen LogP contribution < -0.4 is 5.32 Å². The van der Waals surface area contributed by atoms with E-state index in [1.54, 1.807) is 6.07 Å². The largest absolute Gasteiger partial charge is 0.350 e. The van der Waals surface area contributed by atoms with E-state index in [9.17, 15) is 4.39 Å². The van der Waals surface area contributed by atoms with Crippen LogP contribution in [-0.2, 0) is 0 Å². The molecule has 0 amide bonds. The Hall–Kier alpha value is -3.00. The smallest absolute Gasteiger partial charge is 0.241 e. The summed E-state index contributed by atoms with van der Waals surface area (Å²) in [6.45, 7) is 6.09. The Morgan fingerprint density at radius 2 is 1.88 bits per heavy atom. The van der Waals surface area contributed by atoms with Crippen molar-refractivity contribution < 1.29 is 4.39 Å². The minimum atomic E-state index is -0.308. The van der Waals surface area contributed by atoms with Gasteiger partial charge in [0, 0.05) is 29.9 Å². The van der Waals surface area contributed by atoms with Crippen LogP contribution in [0.3, 0.4) is 0 Å². The molecule has 3 aromatic heterocycles. The lowest BCUT2D eigenvalue weighted by Crippen LogP contribution is -2.36. The third-order valence-electron chi connectivity index (χ3n) is 6.93. The van der Waals surface area contributed by atoms with E-state index < -0.39 is 0 Å². The van der Waals surface area contributed by atoms with E-state index >= 15 is 0 Å². The summed E-state index contributed by atoms with van der Waals surface area (Å²) in [6.07, 6.45) is 8.33. The van der Waals surface area contributed by atoms with Crippen molar-refractivity contribution in [3.05, 3.63) is 42.2 Å². The summed E-state index contributed by atoms with van der Waals surface area (Å²) in [7, 11) is 4.31. The molecule has 1 aromatic carbocycles. The molecule has 1 aliphatic rings. The van der Waals surface area contributed by atoms with E-state index in [1.165, 1.54) is 12.8 Å². The lowest BCUT2D eigenvalue weighted by Gasteiger charge is -2.32. The number of aromatic nitrogens is 5. The van der Waals surface area contributed by atoms with Crippen molar-refractivity contribution in [2.24, 2.45) is 0 Å². The fourth-order valence-electron chi connectivity index (χ4n) is 5.21. The zero-order valence-electron chi connectivity index (χ0n) is 20.0. The highest BCUT2D eigenvalue weighted by Crippen LogP contribution is 2.32. The quantitative estimate of drug-likeness (QED) is 0.461. The Morgan fingerprint density at radius 1 is 1.12 bits per heavy atom. The summed E-state index contributed by atoms with van der Waals surface area (Å²) in [4.78, 5) is 11.3. The average Bonchev–Trinajstić information content (AvgIpc) is 3.34. The van der Waals surface area contributed by atoms with Crippen LogP contribution in [0.25, 0.3) is 27.7 Å². The number of imidazole rings is 1. The third-order valence-corrected chi connectivity index (χ3v) is 6.93. The number of benzene rings is 1. The van der Waals surface area contributed by atoms with Gasteiger partial charge in [0.25, 0.3) is 0 Å². The van der Waals surface area contributed by atoms with Gasteiger partial charge in [-0.05, 0) is 84.3 Å². The minimum Gasteiger partial charge on any atom is -0.350 e. The van der Waals surface area contributed by atoms with Crippen molar-refractivity contribution in [1.82, 2.24) is 29.0 Å². The Labute approximate surface area is 193 Å². The van der Waals surface area contributed by atoms with Crippen LogP contribution in [0.5, 0.6) is 0 Å². The fraction of sp³-hybridized carbons (Fsp3) is 0.480. The monoisotopic (exact) mass is 449 g/mol. The van der Waals surface area contributed by atoms with E-state index in [4.69, 9.17) is 0 Å². The van der Waals surface area contributed by atoms with E-state index in [0.29, 0.717) is 23.5 Å². The lowest BCUT2D eigenvalue weighted by atomic mass is 9.91. The third kappa shape index (κ3) is 3.97. The molecule has 4 aromatic rings. The molecular formula is C25H32FN7. The van der Waals surface area contributed by atoms with E-state index in [2.05, 4.69) is 57.8 Å². The molecule has 0 saturated heterocycles.